The number of rotatable bonds is 5. The van der Waals surface area contributed by atoms with E-state index in [0.717, 1.165) is 0 Å². The van der Waals surface area contributed by atoms with E-state index in [0.29, 0.717) is 0 Å². The summed E-state index contributed by atoms with van der Waals surface area (Å²) in [6.07, 6.45) is 0. The summed E-state index contributed by atoms with van der Waals surface area (Å²) in [5, 5.41) is 7.62. The minimum absolute atomic E-state index is 0.00833. The maximum absolute atomic E-state index is 2.45. The topological polar surface area (TPSA) is 0 Å². The maximum atomic E-state index is 2.45. The molecule has 0 aromatic heterocycles. The van der Waals surface area contributed by atoms with E-state index < -0.39 is 0 Å². The first-order valence-corrected chi connectivity index (χ1v) is 18.3. The summed E-state index contributed by atoms with van der Waals surface area (Å²) < 4.78 is 0. The van der Waals surface area contributed by atoms with Crippen molar-refractivity contribution in [3.05, 3.63) is 194 Å². The summed E-state index contributed by atoms with van der Waals surface area (Å²) in [6.45, 7) is 6.92. The van der Waals surface area contributed by atoms with E-state index in [4.69, 9.17) is 0 Å². The lowest BCUT2D eigenvalue weighted by molar-refractivity contribution is 0.591. The van der Waals surface area contributed by atoms with Gasteiger partial charge in [0.05, 0.1) is 0 Å². The average Bonchev–Trinajstić information content (AvgIpc) is 3.19. The molecular formula is C52H40. The third kappa shape index (κ3) is 5.49. The molecule has 0 amide bonds. The Bertz CT molecular complexity index is 2740. The molecule has 0 nitrogen and oxygen atoms in total. The van der Waals surface area contributed by atoms with Gasteiger partial charge in [-0.2, -0.15) is 0 Å². The Labute approximate surface area is 306 Å². The molecule has 0 atom stereocenters. The van der Waals surface area contributed by atoms with Crippen molar-refractivity contribution < 1.29 is 0 Å². The fourth-order valence-corrected chi connectivity index (χ4v) is 8.06. The maximum Gasteiger partial charge on any atom is -0.00201 e. The molecule has 0 aliphatic heterocycles. The molecule has 52 heavy (non-hydrogen) atoms. The zero-order valence-electron chi connectivity index (χ0n) is 29.9. The van der Waals surface area contributed by atoms with E-state index in [9.17, 15) is 0 Å². The molecule has 0 aliphatic rings. The molecule has 0 fully saturated rings. The predicted octanol–water partition coefficient (Wildman–Crippen LogP) is 14.8. The Kier molecular flexibility index (Phi) is 7.82. The van der Waals surface area contributed by atoms with Crippen molar-refractivity contribution in [1.29, 1.82) is 0 Å². The highest BCUT2D eigenvalue weighted by Crippen LogP contribution is 2.47. The zero-order chi connectivity index (χ0) is 35.2. The number of fused-ring (bicyclic) bond motifs is 3. The lowest BCUT2D eigenvalue weighted by Gasteiger charge is -2.24. The van der Waals surface area contributed by atoms with Gasteiger partial charge >= 0.3 is 0 Å². The van der Waals surface area contributed by atoms with Gasteiger partial charge in [-0.05, 0) is 105 Å². The van der Waals surface area contributed by atoms with Crippen molar-refractivity contribution in [2.45, 2.75) is 26.2 Å². The Morgan fingerprint density at radius 1 is 0.288 bits per heavy atom. The first kappa shape index (κ1) is 31.7. The molecule has 0 bridgehead atoms. The lowest BCUT2D eigenvalue weighted by atomic mass is 9.80. The standard InChI is InChI=1S/C52H40/c1-52(2,3)39-32-33-48-49(34-39)50(46-25-13-14-26-47(46)51(48)45-24-12-10-22-42(45)35-16-5-4-6-17-35)38-30-28-37(29-31-38)41-21-9-11-23-43(41)44-27-15-19-36-18-7-8-20-40(36)44/h4-34H,1-3H3. The fraction of sp³-hybridized carbons (Fsp3) is 0.0769. The quantitative estimate of drug-likeness (QED) is 0.161. The van der Waals surface area contributed by atoms with Gasteiger partial charge in [0.2, 0.25) is 0 Å². The molecule has 9 aromatic carbocycles. The van der Waals surface area contributed by atoms with Crippen LogP contribution in [0.4, 0.5) is 0 Å². The molecule has 0 spiro atoms. The zero-order valence-corrected chi connectivity index (χ0v) is 29.9. The van der Waals surface area contributed by atoms with Crippen LogP contribution in [0.25, 0.3) is 88.0 Å². The van der Waals surface area contributed by atoms with Crippen molar-refractivity contribution >= 4 is 32.3 Å². The number of hydrogen-bond acceptors (Lipinski definition) is 0. The molecule has 9 aromatic rings. The first-order chi connectivity index (χ1) is 25.5. The Morgan fingerprint density at radius 3 is 1.48 bits per heavy atom. The summed E-state index contributed by atoms with van der Waals surface area (Å²) >= 11 is 0. The van der Waals surface area contributed by atoms with Crippen LogP contribution in [-0.2, 0) is 5.41 Å². The summed E-state index contributed by atoms with van der Waals surface area (Å²) in [6, 6.07) is 69.2. The van der Waals surface area contributed by atoms with Crippen molar-refractivity contribution in [3.8, 4) is 55.6 Å². The van der Waals surface area contributed by atoms with Crippen LogP contribution in [-0.4, -0.2) is 0 Å². The van der Waals surface area contributed by atoms with Crippen LogP contribution in [0.1, 0.15) is 26.3 Å². The third-order valence-corrected chi connectivity index (χ3v) is 10.7. The molecule has 0 saturated carbocycles. The van der Waals surface area contributed by atoms with E-state index in [-0.39, 0.29) is 5.41 Å². The van der Waals surface area contributed by atoms with Crippen LogP contribution in [0.15, 0.2) is 188 Å². The molecule has 0 unspecified atom stereocenters. The van der Waals surface area contributed by atoms with Gasteiger partial charge in [-0.15, -0.1) is 0 Å². The predicted molar refractivity (Wildman–Crippen MR) is 225 cm³/mol. The second kappa shape index (κ2) is 12.8. The minimum atomic E-state index is 0.00833. The largest absolute Gasteiger partial charge is 0.0622 e. The lowest BCUT2D eigenvalue weighted by Crippen LogP contribution is -2.10. The van der Waals surface area contributed by atoms with Gasteiger partial charge in [-0.1, -0.05) is 203 Å². The summed E-state index contributed by atoms with van der Waals surface area (Å²) in [5.74, 6) is 0. The van der Waals surface area contributed by atoms with E-state index in [1.54, 1.807) is 0 Å². The summed E-state index contributed by atoms with van der Waals surface area (Å²) in [7, 11) is 0. The van der Waals surface area contributed by atoms with E-state index in [1.807, 2.05) is 0 Å². The number of hydrogen-bond donors (Lipinski definition) is 0. The molecule has 0 heterocycles. The second-order valence-corrected chi connectivity index (χ2v) is 14.9. The molecule has 0 saturated heterocycles. The van der Waals surface area contributed by atoms with Crippen molar-refractivity contribution in [3.63, 3.8) is 0 Å². The smallest absolute Gasteiger partial charge is 0.00201 e. The van der Waals surface area contributed by atoms with Crippen LogP contribution < -0.4 is 0 Å². The van der Waals surface area contributed by atoms with E-state index in [2.05, 4.69) is 209 Å². The molecule has 0 heteroatoms. The number of benzene rings is 9. The average molecular weight is 665 g/mol. The van der Waals surface area contributed by atoms with Gasteiger partial charge in [-0.25, -0.2) is 0 Å². The normalized spacial score (nSPS) is 11.8. The molecule has 0 radical (unpaired) electrons. The highest BCUT2D eigenvalue weighted by atomic mass is 14.3. The van der Waals surface area contributed by atoms with Gasteiger partial charge in [0, 0.05) is 0 Å². The molecule has 0 N–H and O–H groups in total. The van der Waals surface area contributed by atoms with Crippen LogP contribution in [0.2, 0.25) is 0 Å². The monoisotopic (exact) mass is 664 g/mol. The molecule has 0 aliphatic carbocycles. The van der Waals surface area contributed by atoms with E-state index >= 15 is 0 Å². The SMILES string of the molecule is CC(C)(C)c1ccc2c(-c3ccccc3-c3ccccc3)c3ccccc3c(-c3ccc(-c4ccccc4-c4cccc5ccccc45)cc3)c2c1. The second-order valence-electron chi connectivity index (χ2n) is 14.9. The van der Waals surface area contributed by atoms with Gasteiger partial charge in [-0.3, -0.25) is 0 Å². The van der Waals surface area contributed by atoms with Crippen molar-refractivity contribution in [2.75, 3.05) is 0 Å². The van der Waals surface area contributed by atoms with Gasteiger partial charge in [0.15, 0.2) is 0 Å². The van der Waals surface area contributed by atoms with Crippen LogP contribution in [0.5, 0.6) is 0 Å². The first-order valence-electron chi connectivity index (χ1n) is 18.3. The fourth-order valence-electron chi connectivity index (χ4n) is 8.06. The van der Waals surface area contributed by atoms with Crippen molar-refractivity contribution in [1.82, 2.24) is 0 Å². The van der Waals surface area contributed by atoms with E-state index in [1.165, 1.54) is 93.5 Å². The molecule has 248 valence electrons. The minimum Gasteiger partial charge on any atom is -0.0622 e. The van der Waals surface area contributed by atoms with Crippen molar-refractivity contribution in [2.24, 2.45) is 0 Å². The van der Waals surface area contributed by atoms with Gasteiger partial charge < -0.3 is 0 Å². The Morgan fingerprint density at radius 2 is 0.769 bits per heavy atom. The summed E-state index contributed by atoms with van der Waals surface area (Å²) in [5.41, 5.74) is 13.8. The van der Waals surface area contributed by atoms with Gasteiger partial charge in [0.1, 0.15) is 0 Å². The Hall–Kier alpha value is -6.24. The summed E-state index contributed by atoms with van der Waals surface area (Å²) in [4.78, 5) is 0. The van der Waals surface area contributed by atoms with Crippen LogP contribution >= 0.6 is 0 Å². The Balaban J connectivity index is 1.27. The molecule has 9 rings (SSSR count). The molecular weight excluding hydrogens is 625 g/mol. The van der Waals surface area contributed by atoms with Gasteiger partial charge in [0.25, 0.3) is 0 Å². The van der Waals surface area contributed by atoms with Crippen LogP contribution in [0.3, 0.4) is 0 Å². The highest BCUT2D eigenvalue weighted by Gasteiger charge is 2.22. The highest BCUT2D eigenvalue weighted by molar-refractivity contribution is 6.22. The third-order valence-electron chi connectivity index (χ3n) is 10.7. The van der Waals surface area contributed by atoms with Crippen LogP contribution in [0, 0.1) is 0 Å².